The molecule has 0 aliphatic rings. The Morgan fingerprint density at radius 3 is 2.38 bits per heavy atom. The van der Waals surface area contributed by atoms with Gasteiger partial charge in [-0.2, -0.15) is 5.26 Å². The van der Waals surface area contributed by atoms with Crippen LogP contribution in [0.25, 0.3) is 0 Å². The molecule has 0 aliphatic carbocycles. The average molecular weight is 202 g/mol. The largest absolute Gasteiger partial charge is 0.598 e. The van der Waals surface area contributed by atoms with E-state index in [1.165, 1.54) is 0 Å². The van der Waals surface area contributed by atoms with E-state index in [-0.39, 0.29) is 10.8 Å². The third kappa shape index (κ3) is 5.14. The van der Waals surface area contributed by atoms with Crippen LogP contribution in [0.1, 0.15) is 40.5 Å². The molecule has 0 unspecified atom stereocenters. The molecule has 0 aromatic carbocycles. The van der Waals surface area contributed by atoms with E-state index in [0.29, 0.717) is 0 Å². The maximum atomic E-state index is 11.6. The summed E-state index contributed by atoms with van der Waals surface area (Å²) in [5.41, 5.74) is 0. The molecule has 0 radical (unpaired) electrons. The summed E-state index contributed by atoms with van der Waals surface area (Å²) in [7, 11) is 0. The number of nitriles is 1. The fraction of sp³-hybridized carbons (Fsp3) is 0.889. The van der Waals surface area contributed by atoms with Crippen molar-refractivity contribution < 1.29 is 4.55 Å². The number of nitrogens with zero attached hydrogens (tertiary/aromatic N) is 1. The third-order valence-corrected chi connectivity index (χ3v) is 3.15. The highest BCUT2D eigenvalue weighted by Gasteiger charge is 2.28. The van der Waals surface area contributed by atoms with Gasteiger partial charge in [0, 0.05) is 11.4 Å². The van der Waals surface area contributed by atoms with Crippen molar-refractivity contribution in [3.63, 3.8) is 0 Å². The van der Waals surface area contributed by atoms with Crippen molar-refractivity contribution in [3.8, 4) is 6.07 Å². The molecule has 3 nitrogen and oxygen atoms in total. The molecule has 0 aromatic heterocycles. The molecule has 0 aromatic rings. The minimum atomic E-state index is -1.14. The van der Waals surface area contributed by atoms with Crippen LogP contribution in [0.4, 0.5) is 0 Å². The lowest BCUT2D eigenvalue weighted by Gasteiger charge is -2.25. The summed E-state index contributed by atoms with van der Waals surface area (Å²) >= 11 is -1.14. The lowest BCUT2D eigenvalue weighted by molar-refractivity contribution is 0.529. The second kappa shape index (κ2) is 5.48. The van der Waals surface area contributed by atoms with Crippen LogP contribution in [0, 0.1) is 11.3 Å². The molecule has 0 saturated carbocycles. The first kappa shape index (κ1) is 12.8. The summed E-state index contributed by atoms with van der Waals surface area (Å²) in [6.45, 7) is 7.66. The van der Waals surface area contributed by atoms with E-state index in [1.807, 2.05) is 27.7 Å². The fourth-order valence-electron chi connectivity index (χ4n) is 0.744. The van der Waals surface area contributed by atoms with Crippen molar-refractivity contribution in [2.75, 3.05) is 0 Å². The van der Waals surface area contributed by atoms with Crippen LogP contribution in [0.3, 0.4) is 0 Å². The Labute approximate surface area is 83.8 Å². The highest BCUT2D eigenvalue weighted by molar-refractivity contribution is 7.90. The van der Waals surface area contributed by atoms with E-state index < -0.39 is 11.4 Å². The van der Waals surface area contributed by atoms with Gasteiger partial charge in [0.25, 0.3) is 0 Å². The molecule has 2 atom stereocenters. The first-order valence-corrected chi connectivity index (χ1v) is 5.64. The van der Waals surface area contributed by atoms with Crippen LogP contribution >= 0.6 is 0 Å². The van der Waals surface area contributed by atoms with Crippen molar-refractivity contribution >= 4 is 11.4 Å². The predicted molar refractivity (Wildman–Crippen MR) is 55.3 cm³/mol. The quantitative estimate of drug-likeness (QED) is 0.706. The van der Waals surface area contributed by atoms with Crippen LogP contribution in [0.15, 0.2) is 0 Å². The van der Waals surface area contributed by atoms with Crippen molar-refractivity contribution in [2.24, 2.45) is 0 Å². The molecule has 0 amide bonds. The Morgan fingerprint density at radius 2 is 2.08 bits per heavy atom. The first-order chi connectivity index (χ1) is 5.91. The summed E-state index contributed by atoms with van der Waals surface area (Å²) < 4.78 is 14.1. The highest BCUT2D eigenvalue weighted by Crippen LogP contribution is 2.14. The summed E-state index contributed by atoms with van der Waals surface area (Å²) in [6, 6.07) is 1.81. The lowest BCUT2D eigenvalue weighted by Crippen LogP contribution is -2.44. The van der Waals surface area contributed by atoms with Gasteiger partial charge in [0.2, 0.25) is 0 Å². The van der Waals surface area contributed by atoms with Crippen LogP contribution in [0.2, 0.25) is 0 Å². The topological polar surface area (TPSA) is 58.9 Å². The van der Waals surface area contributed by atoms with Gasteiger partial charge in [0.05, 0.1) is 6.07 Å². The minimum Gasteiger partial charge on any atom is -0.598 e. The minimum absolute atomic E-state index is 0.287. The average Bonchev–Trinajstić information content (AvgIpc) is 2.01. The number of hydrogen-bond donors (Lipinski definition) is 1. The monoisotopic (exact) mass is 202 g/mol. The van der Waals surface area contributed by atoms with E-state index in [9.17, 15) is 4.55 Å². The molecule has 0 fully saturated rings. The van der Waals surface area contributed by atoms with E-state index in [4.69, 9.17) is 5.26 Å². The van der Waals surface area contributed by atoms with Gasteiger partial charge in [0.1, 0.15) is 10.8 Å². The fourth-order valence-corrected chi connectivity index (χ4v) is 1.53. The van der Waals surface area contributed by atoms with Crippen molar-refractivity contribution in [3.05, 3.63) is 0 Å². The second-order valence-corrected chi connectivity index (χ2v) is 5.97. The molecule has 0 rings (SSSR count). The van der Waals surface area contributed by atoms with Gasteiger partial charge in [-0.3, -0.25) is 0 Å². The standard InChI is InChI=1S/C9H18N2OS/c1-5-6-8(7-10)11-13(12)9(2,3)4/h8,11H,5-6H2,1-4H3/t8-,13-/m1/s1. The van der Waals surface area contributed by atoms with Gasteiger partial charge in [-0.1, -0.05) is 13.3 Å². The number of nitrogens with one attached hydrogen (secondary N) is 1. The molecule has 0 bridgehead atoms. The van der Waals surface area contributed by atoms with Crippen molar-refractivity contribution in [1.82, 2.24) is 4.72 Å². The summed E-state index contributed by atoms with van der Waals surface area (Å²) in [4.78, 5) is 0. The second-order valence-electron chi connectivity index (χ2n) is 3.97. The number of rotatable bonds is 4. The molecule has 13 heavy (non-hydrogen) atoms. The summed E-state index contributed by atoms with van der Waals surface area (Å²) in [5, 5.41) is 8.72. The maximum absolute atomic E-state index is 11.6. The molecule has 76 valence electrons. The van der Waals surface area contributed by atoms with Crippen molar-refractivity contribution in [2.45, 2.75) is 51.3 Å². The molecule has 0 spiro atoms. The zero-order valence-electron chi connectivity index (χ0n) is 8.76. The van der Waals surface area contributed by atoms with Crippen LogP contribution in [0.5, 0.6) is 0 Å². The van der Waals surface area contributed by atoms with E-state index in [1.54, 1.807) is 0 Å². The molecular weight excluding hydrogens is 184 g/mol. The zero-order chi connectivity index (χ0) is 10.5. The van der Waals surface area contributed by atoms with Crippen molar-refractivity contribution in [1.29, 1.82) is 5.26 Å². The Bertz CT molecular complexity index is 183. The van der Waals surface area contributed by atoms with Gasteiger partial charge in [0.15, 0.2) is 0 Å². The normalized spacial score (nSPS) is 16.3. The van der Waals surface area contributed by atoms with Gasteiger partial charge in [-0.05, 0) is 27.2 Å². The first-order valence-electron chi connectivity index (χ1n) is 4.49. The summed E-state index contributed by atoms with van der Waals surface area (Å²) in [6.07, 6.45) is 1.67. The SMILES string of the molecule is CCC[C@H](C#N)N[S@+]([O-])C(C)(C)C. The smallest absolute Gasteiger partial charge is 0.139 e. The van der Waals surface area contributed by atoms with Crippen LogP contribution in [-0.2, 0) is 11.4 Å². The van der Waals surface area contributed by atoms with Gasteiger partial charge >= 0.3 is 0 Å². The zero-order valence-corrected chi connectivity index (χ0v) is 9.57. The molecule has 1 N–H and O–H groups in total. The molecule has 4 heteroatoms. The Hall–Kier alpha value is -0.240. The number of hydrogen-bond acceptors (Lipinski definition) is 3. The molecule has 0 aliphatic heterocycles. The molecule has 0 saturated heterocycles. The van der Waals surface area contributed by atoms with Gasteiger partial charge in [-0.25, -0.2) is 0 Å². The Morgan fingerprint density at radius 1 is 1.54 bits per heavy atom. The third-order valence-electron chi connectivity index (χ3n) is 1.54. The van der Waals surface area contributed by atoms with Gasteiger partial charge < -0.3 is 4.55 Å². The molecule has 0 heterocycles. The lowest BCUT2D eigenvalue weighted by atomic mass is 10.2. The highest BCUT2D eigenvalue weighted by atomic mass is 32.2. The van der Waals surface area contributed by atoms with E-state index in [0.717, 1.165) is 12.8 Å². The van der Waals surface area contributed by atoms with Crippen LogP contribution in [-0.4, -0.2) is 15.3 Å². The van der Waals surface area contributed by atoms with E-state index in [2.05, 4.69) is 10.8 Å². The predicted octanol–water partition coefficient (Wildman–Crippen LogP) is 1.73. The van der Waals surface area contributed by atoms with E-state index >= 15 is 0 Å². The molecular formula is C9H18N2OS. The maximum Gasteiger partial charge on any atom is 0.139 e. The Kier molecular flexibility index (Phi) is 5.38. The van der Waals surface area contributed by atoms with Crippen LogP contribution < -0.4 is 4.72 Å². The Balaban J connectivity index is 4.03. The summed E-state index contributed by atoms with van der Waals surface area (Å²) in [5.74, 6) is 0. The van der Waals surface area contributed by atoms with Gasteiger partial charge in [-0.15, -0.1) is 4.72 Å².